The van der Waals surface area contributed by atoms with Gasteiger partial charge in [0.25, 0.3) is 11.6 Å². The van der Waals surface area contributed by atoms with Gasteiger partial charge in [-0.2, -0.15) is 5.10 Å². The molecule has 9 heteroatoms. The van der Waals surface area contributed by atoms with Crippen molar-refractivity contribution in [2.24, 2.45) is 0 Å². The Labute approximate surface area is 118 Å². The van der Waals surface area contributed by atoms with Gasteiger partial charge in [-0.05, 0) is 12.1 Å². The summed E-state index contributed by atoms with van der Waals surface area (Å²) in [6.07, 6.45) is 2.68. The van der Waals surface area contributed by atoms with E-state index in [0.717, 1.165) is 4.68 Å². The van der Waals surface area contributed by atoms with Gasteiger partial charge in [-0.3, -0.25) is 24.4 Å². The number of nitro benzene ring substituents is 1. The molecule has 1 aromatic heterocycles. The van der Waals surface area contributed by atoms with Crippen LogP contribution < -0.4 is 5.32 Å². The number of hydrogen-bond donors (Lipinski definition) is 2. The molecule has 0 unspecified atom stereocenters. The number of nitro groups is 1. The van der Waals surface area contributed by atoms with Gasteiger partial charge in [-0.1, -0.05) is 0 Å². The number of carbonyl (C=O) groups is 2. The number of aliphatic carboxylic acids is 1. The lowest BCUT2D eigenvalue weighted by Gasteiger charge is -2.02. The maximum Gasteiger partial charge on any atom is 0.325 e. The molecule has 0 spiro atoms. The predicted molar refractivity (Wildman–Crippen MR) is 70.9 cm³/mol. The van der Waals surface area contributed by atoms with Crippen molar-refractivity contribution >= 4 is 23.3 Å². The van der Waals surface area contributed by atoms with E-state index in [1.807, 2.05) is 0 Å². The molecule has 0 aliphatic carbocycles. The van der Waals surface area contributed by atoms with Crippen molar-refractivity contribution in [3.8, 4) is 0 Å². The lowest BCUT2D eigenvalue weighted by molar-refractivity contribution is -0.384. The molecular formula is C12H10N4O5. The normalized spacial score (nSPS) is 10.1. The number of non-ortho nitro benzene ring substituents is 1. The molecule has 0 aliphatic rings. The molecule has 1 heterocycles. The zero-order valence-corrected chi connectivity index (χ0v) is 10.6. The Kier molecular flexibility index (Phi) is 3.93. The molecule has 0 saturated heterocycles. The molecule has 0 aliphatic heterocycles. The summed E-state index contributed by atoms with van der Waals surface area (Å²) in [6, 6.07) is 5.11. The van der Waals surface area contributed by atoms with E-state index in [1.165, 1.54) is 36.7 Å². The Morgan fingerprint density at radius 2 is 2.00 bits per heavy atom. The summed E-state index contributed by atoms with van der Waals surface area (Å²) >= 11 is 0. The van der Waals surface area contributed by atoms with Crippen LogP contribution in [0.2, 0.25) is 0 Å². The smallest absolute Gasteiger partial charge is 0.325 e. The van der Waals surface area contributed by atoms with E-state index in [4.69, 9.17) is 5.11 Å². The molecule has 0 bridgehead atoms. The number of anilines is 1. The average Bonchev–Trinajstić information content (AvgIpc) is 2.85. The highest BCUT2D eigenvalue weighted by atomic mass is 16.6. The number of rotatable bonds is 5. The number of carboxylic acids is 1. The van der Waals surface area contributed by atoms with Gasteiger partial charge < -0.3 is 10.4 Å². The monoisotopic (exact) mass is 290 g/mol. The van der Waals surface area contributed by atoms with Crippen LogP contribution in [0.15, 0.2) is 36.7 Å². The van der Waals surface area contributed by atoms with Crippen LogP contribution in [0.4, 0.5) is 11.4 Å². The van der Waals surface area contributed by atoms with Gasteiger partial charge in [0.2, 0.25) is 0 Å². The quantitative estimate of drug-likeness (QED) is 0.627. The van der Waals surface area contributed by atoms with Gasteiger partial charge in [0.15, 0.2) is 0 Å². The van der Waals surface area contributed by atoms with Crippen molar-refractivity contribution in [2.45, 2.75) is 6.54 Å². The minimum absolute atomic E-state index is 0.110. The van der Waals surface area contributed by atoms with E-state index >= 15 is 0 Å². The summed E-state index contributed by atoms with van der Waals surface area (Å²) < 4.78 is 1.16. The fourth-order valence-corrected chi connectivity index (χ4v) is 1.59. The standard InChI is InChI=1S/C12H10N4O5/c17-11(18)7-15-6-9(5-13-15)14-12(19)8-1-3-10(4-2-8)16(20)21/h1-6H,7H2,(H,14,19)(H,17,18). The lowest BCUT2D eigenvalue weighted by atomic mass is 10.2. The number of nitrogens with zero attached hydrogens (tertiary/aromatic N) is 3. The highest BCUT2D eigenvalue weighted by Gasteiger charge is 2.11. The van der Waals surface area contributed by atoms with Gasteiger partial charge >= 0.3 is 5.97 Å². The second kappa shape index (κ2) is 5.82. The molecule has 21 heavy (non-hydrogen) atoms. The zero-order valence-electron chi connectivity index (χ0n) is 10.6. The van der Waals surface area contributed by atoms with Crippen molar-refractivity contribution in [3.05, 3.63) is 52.3 Å². The first-order valence-electron chi connectivity index (χ1n) is 5.76. The van der Waals surface area contributed by atoms with E-state index in [2.05, 4.69) is 10.4 Å². The van der Waals surface area contributed by atoms with Gasteiger partial charge in [0.05, 0.1) is 16.8 Å². The number of nitrogens with one attached hydrogen (secondary N) is 1. The highest BCUT2D eigenvalue weighted by Crippen LogP contribution is 2.13. The molecule has 2 rings (SSSR count). The number of benzene rings is 1. The van der Waals surface area contributed by atoms with E-state index in [0.29, 0.717) is 5.69 Å². The minimum Gasteiger partial charge on any atom is -0.480 e. The number of aromatic nitrogens is 2. The van der Waals surface area contributed by atoms with Crippen molar-refractivity contribution in [1.82, 2.24) is 9.78 Å². The zero-order chi connectivity index (χ0) is 15.4. The fraction of sp³-hybridized carbons (Fsp3) is 0.0833. The van der Waals surface area contributed by atoms with Crippen LogP contribution in [-0.2, 0) is 11.3 Å². The number of carboxylic acid groups (broad SMARTS) is 1. The predicted octanol–water partition coefficient (Wildman–Crippen LogP) is 1.13. The molecule has 0 atom stereocenters. The number of amides is 1. The molecule has 1 amide bonds. The number of carbonyl (C=O) groups excluding carboxylic acids is 1. The first kappa shape index (κ1) is 14.2. The first-order chi connectivity index (χ1) is 9.95. The van der Waals surface area contributed by atoms with Crippen LogP contribution in [0.1, 0.15) is 10.4 Å². The van der Waals surface area contributed by atoms with Crippen molar-refractivity contribution in [2.75, 3.05) is 5.32 Å². The molecule has 2 N–H and O–H groups in total. The van der Waals surface area contributed by atoms with Gasteiger partial charge in [0.1, 0.15) is 6.54 Å². The molecule has 0 saturated carbocycles. The SMILES string of the molecule is O=C(O)Cn1cc(NC(=O)c2ccc([N+](=O)[O-])cc2)cn1. The van der Waals surface area contributed by atoms with Crippen LogP contribution in [0.25, 0.3) is 0 Å². The van der Waals surface area contributed by atoms with Crippen LogP contribution in [-0.4, -0.2) is 31.7 Å². The van der Waals surface area contributed by atoms with E-state index < -0.39 is 16.8 Å². The van der Waals surface area contributed by atoms with Crippen LogP contribution in [0, 0.1) is 10.1 Å². The second-order valence-corrected chi connectivity index (χ2v) is 4.08. The average molecular weight is 290 g/mol. The Bertz CT molecular complexity index is 692. The largest absolute Gasteiger partial charge is 0.480 e. The van der Waals surface area contributed by atoms with E-state index in [9.17, 15) is 19.7 Å². The van der Waals surface area contributed by atoms with E-state index in [1.54, 1.807) is 0 Å². The molecule has 108 valence electrons. The summed E-state index contributed by atoms with van der Waals surface area (Å²) in [5, 5.41) is 25.4. The molecule has 0 fully saturated rings. The Hall–Kier alpha value is -3.23. The third-order valence-electron chi connectivity index (χ3n) is 2.53. The Morgan fingerprint density at radius 1 is 1.33 bits per heavy atom. The van der Waals surface area contributed by atoms with Crippen molar-refractivity contribution in [3.63, 3.8) is 0 Å². The molecule has 0 radical (unpaired) electrons. The van der Waals surface area contributed by atoms with Gasteiger partial charge in [0, 0.05) is 23.9 Å². The second-order valence-electron chi connectivity index (χ2n) is 4.08. The first-order valence-corrected chi connectivity index (χ1v) is 5.76. The topological polar surface area (TPSA) is 127 Å². The van der Waals surface area contributed by atoms with Crippen molar-refractivity contribution in [1.29, 1.82) is 0 Å². The summed E-state index contributed by atoms with van der Waals surface area (Å²) in [5.41, 5.74) is 0.465. The third kappa shape index (κ3) is 3.62. The summed E-state index contributed by atoms with van der Waals surface area (Å²) in [6.45, 7) is -0.312. The highest BCUT2D eigenvalue weighted by molar-refractivity contribution is 6.04. The Balaban J connectivity index is 2.05. The van der Waals surface area contributed by atoms with Gasteiger partial charge in [-0.25, -0.2) is 0 Å². The fourth-order valence-electron chi connectivity index (χ4n) is 1.59. The maximum atomic E-state index is 11.9. The van der Waals surface area contributed by atoms with Crippen LogP contribution >= 0.6 is 0 Å². The molecule has 2 aromatic rings. The maximum absolute atomic E-state index is 11.9. The molecule has 1 aromatic carbocycles. The molecule has 9 nitrogen and oxygen atoms in total. The summed E-state index contributed by atoms with van der Waals surface area (Å²) in [7, 11) is 0. The van der Waals surface area contributed by atoms with E-state index in [-0.39, 0.29) is 17.8 Å². The summed E-state index contributed by atoms with van der Waals surface area (Å²) in [4.78, 5) is 32.3. The Morgan fingerprint density at radius 3 is 2.57 bits per heavy atom. The minimum atomic E-state index is -1.05. The number of hydrogen-bond acceptors (Lipinski definition) is 5. The third-order valence-corrected chi connectivity index (χ3v) is 2.53. The summed E-state index contributed by atoms with van der Waals surface area (Å²) in [5.74, 6) is -1.52. The lowest BCUT2D eigenvalue weighted by Crippen LogP contribution is -2.12. The van der Waals surface area contributed by atoms with Crippen molar-refractivity contribution < 1.29 is 19.6 Å². The van der Waals surface area contributed by atoms with Crippen LogP contribution in [0.5, 0.6) is 0 Å². The molecular weight excluding hydrogens is 280 g/mol. The van der Waals surface area contributed by atoms with Crippen LogP contribution in [0.3, 0.4) is 0 Å². The van der Waals surface area contributed by atoms with Gasteiger partial charge in [-0.15, -0.1) is 0 Å².